The molecule has 0 aromatic heterocycles. The topological polar surface area (TPSA) is 286 Å². The fourth-order valence-corrected chi connectivity index (χ4v) is 4.76. The highest BCUT2D eigenvalue weighted by atomic mass is 16.7. The maximum atomic E-state index is 11.7. The van der Waals surface area contributed by atoms with Crippen molar-refractivity contribution in [2.75, 3.05) is 19.8 Å². The molecule has 3 fully saturated rings. The van der Waals surface area contributed by atoms with E-state index in [2.05, 4.69) is 10.6 Å². The van der Waals surface area contributed by atoms with Gasteiger partial charge in [0.05, 0.1) is 19.8 Å². The standard InChI is InChI=1S/C22H38N2O16/c1-6(27)23-11-16(32)19(40-22-18(34)17(33)14(30)9(4-26)39-22)10(37-20(11)35)5-36-21-12(24-7(2)28)15(31)13(29)8(3-25)38-21/h8-22,25-26,29-35H,3-5H2,1-2H3,(H,23,27)(H,24,28)/t8-,9-,10-,11-,12-,13-,14+,15-,16-,17+,18-,19+,20?,21-,22+/m1/s1. The molecule has 0 bridgehead atoms. The van der Waals surface area contributed by atoms with E-state index < -0.39 is 124 Å². The molecule has 11 N–H and O–H groups in total. The number of nitrogens with one attached hydrogen (secondary N) is 2. The van der Waals surface area contributed by atoms with Crippen molar-refractivity contribution < 1.29 is 79.2 Å². The highest BCUT2D eigenvalue weighted by Crippen LogP contribution is 2.30. The molecule has 0 aromatic carbocycles. The molecule has 1 unspecified atom stereocenters. The van der Waals surface area contributed by atoms with Crippen LogP contribution in [0, 0.1) is 0 Å². The van der Waals surface area contributed by atoms with Gasteiger partial charge in [0, 0.05) is 13.8 Å². The van der Waals surface area contributed by atoms with E-state index in [-0.39, 0.29) is 0 Å². The quantitative estimate of drug-likeness (QED) is 0.120. The fourth-order valence-electron chi connectivity index (χ4n) is 4.76. The Hall–Kier alpha value is -1.62. The van der Waals surface area contributed by atoms with Crippen molar-refractivity contribution in [2.45, 2.75) is 106 Å². The molecule has 0 radical (unpaired) electrons. The van der Waals surface area contributed by atoms with E-state index >= 15 is 0 Å². The van der Waals surface area contributed by atoms with Crippen molar-refractivity contribution >= 4 is 11.8 Å². The van der Waals surface area contributed by atoms with Crippen molar-refractivity contribution in [1.29, 1.82) is 0 Å². The van der Waals surface area contributed by atoms with Crippen LogP contribution in [0.15, 0.2) is 0 Å². The van der Waals surface area contributed by atoms with E-state index in [9.17, 15) is 55.5 Å². The second-order valence-electron chi connectivity index (χ2n) is 9.85. The van der Waals surface area contributed by atoms with Gasteiger partial charge in [-0.2, -0.15) is 0 Å². The van der Waals surface area contributed by atoms with E-state index in [1.54, 1.807) is 0 Å². The van der Waals surface area contributed by atoms with E-state index in [0.29, 0.717) is 0 Å². The van der Waals surface area contributed by atoms with Crippen molar-refractivity contribution in [1.82, 2.24) is 10.6 Å². The minimum Gasteiger partial charge on any atom is -0.394 e. The lowest BCUT2D eigenvalue weighted by molar-refractivity contribution is -0.350. The maximum absolute atomic E-state index is 11.7. The second-order valence-corrected chi connectivity index (χ2v) is 9.85. The minimum atomic E-state index is -1.87. The van der Waals surface area contributed by atoms with Crippen LogP contribution < -0.4 is 10.6 Å². The summed E-state index contributed by atoms with van der Waals surface area (Å²) in [5.74, 6) is -1.26. The van der Waals surface area contributed by atoms with E-state index in [1.807, 2.05) is 0 Å². The van der Waals surface area contributed by atoms with Gasteiger partial charge in [-0.05, 0) is 0 Å². The maximum Gasteiger partial charge on any atom is 0.217 e. The molecule has 3 aliphatic heterocycles. The molecular formula is C22H38N2O16. The van der Waals surface area contributed by atoms with Crippen LogP contribution in [0.2, 0.25) is 0 Å². The van der Waals surface area contributed by atoms with Crippen molar-refractivity contribution in [3.63, 3.8) is 0 Å². The molecule has 18 nitrogen and oxygen atoms in total. The number of carbonyl (C=O) groups excluding carboxylic acids is 2. The van der Waals surface area contributed by atoms with Gasteiger partial charge < -0.3 is 80.3 Å². The molecule has 0 saturated carbocycles. The Labute approximate surface area is 228 Å². The van der Waals surface area contributed by atoms with Crippen LogP contribution in [0.1, 0.15) is 13.8 Å². The van der Waals surface area contributed by atoms with E-state index in [4.69, 9.17) is 23.7 Å². The van der Waals surface area contributed by atoms with Gasteiger partial charge in [-0.3, -0.25) is 9.59 Å². The Bertz CT molecular complexity index is 852. The Morgan fingerprint density at radius 1 is 0.650 bits per heavy atom. The molecule has 2 amide bonds. The first-order valence-electron chi connectivity index (χ1n) is 12.6. The highest BCUT2D eigenvalue weighted by molar-refractivity contribution is 5.73. The smallest absolute Gasteiger partial charge is 0.217 e. The van der Waals surface area contributed by atoms with Crippen molar-refractivity contribution in [3.8, 4) is 0 Å². The number of aliphatic hydroxyl groups is 9. The number of ether oxygens (including phenoxy) is 5. The summed E-state index contributed by atoms with van der Waals surface area (Å²) >= 11 is 0. The Balaban J connectivity index is 1.83. The SMILES string of the molecule is CC(=O)N[C@H]1[C@H](OC[C@H]2OC(O)[C@H](NC(C)=O)[C@@H](O)[C@H]2O[C@@H]2O[C@H](CO)[C@H](O)[C@H](O)[C@H]2O)O[C@H](CO)[C@@H](O)[C@@H]1O. The molecular weight excluding hydrogens is 548 g/mol. The average molecular weight is 587 g/mol. The van der Waals surface area contributed by atoms with Crippen molar-refractivity contribution in [3.05, 3.63) is 0 Å². The first-order valence-corrected chi connectivity index (χ1v) is 12.6. The normalized spacial score (nSPS) is 46.0. The van der Waals surface area contributed by atoms with Crippen LogP contribution in [0.3, 0.4) is 0 Å². The van der Waals surface area contributed by atoms with Gasteiger partial charge in [-0.1, -0.05) is 0 Å². The minimum absolute atomic E-state index is 0.606. The molecule has 0 spiro atoms. The lowest BCUT2D eigenvalue weighted by Gasteiger charge is -2.47. The summed E-state index contributed by atoms with van der Waals surface area (Å²) in [5, 5.41) is 96.3. The first kappa shape index (κ1) is 32.9. The molecule has 3 heterocycles. The number of hydrogen-bond donors (Lipinski definition) is 11. The molecule has 3 rings (SSSR count). The third-order valence-corrected chi connectivity index (χ3v) is 6.88. The zero-order chi connectivity index (χ0) is 29.9. The summed E-state index contributed by atoms with van der Waals surface area (Å²) in [6, 6.07) is -2.77. The van der Waals surface area contributed by atoms with Crippen LogP contribution in [0.5, 0.6) is 0 Å². The molecule has 3 aliphatic rings. The highest BCUT2D eigenvalue weighted by Gasteiger charge is 2.52. The second kappa shape index (κ2) is 14.0. The number of rotatable bonds is 9. The summed E-state index contributed by atoms with van der Waals surface area (Å²) in [4.78, 5) is 23.3. The van der Waals surface area contributed by atoms with Crippen molar-refractivity contribution in [2.24, 2.45) is 0 Å². The number of amides is 2. The zero-order valence-corrected chi connectivity index (χ0v) is 21.7. The predicted octanol–water partition coefficient (Wildman–Crippen LogP) is -7.29. The van der Waals surface area contributed by atoms with E-state index in [1.165, 1.54) is 0 Å². The van der Waals surface area contributed by atoms with Gasteiger partial charge >= 0.3 is 0 Å². The van der Waals surface area contributed by atoms with Crippen LogP contribution in [0.4, 0.5) is 0 Å². The van der Waals surface area contributed by atoms with Crippen LogP contribution >= 0.6 is 0 Å². The monoisotopic (exact) mass is 586 g/mol. The molecule has 232 valence electrons. The third-order valence-electron chi connectivity index (χ3n) is 6.88. The molecule has 3 saturated heterocycles. The van der Waals surface area contributed by atoms with Crippen LogP contribution in [0.25, 0.3) is 0 Å². The van der Waals surface area contributed by atoms with Gasteiger partial charge in [0.1, 0.15) is 73.1 Å². The van der Waals surface area contributed by atoms with Gasteiger partial charge in [-0.25, -0.2) is 0 Å². The van der Waals surface area contributed by atoms with Crippen LogP contribution in [-0.4, -0.2) is 170 Å². The van der Waals surface area contributed by atoms with Gasteiger partial charge in [0.25, 0.3) is 0 Å². The molecule has 40 heavy (non-hydrogen) atoms. The lowest BCUT2D eigenvalue weighted by atomic mass is 9.95. The number of aliphatic hydroxyl groups excluding tert-OH is 9. The lowest BCUT2D eigenvalue weighted by Crippen LogP contribution is -2.68. The Morgan fingerprint density at radius 2 is 1.18 bits per heavy atom. The first-order chi connectivity index (χ1) is 18.8. The van der Waals surface area contributed by atoms with Crippen LogP contribution in [-0.2, 0) is 33.3 Å². The Kier molecular flexibility index (Phi) is 11.5. The summed E-state index contributed by atoms with van der Waals surface area (Å²) in [7, 11) is 0. The van der Waals surface area contributed by atoms with Gasteiger partial charge in [0.2, 0.25) is 11.8 Å². The number of carbonyl (C=O) groups is 2. The molecule has 15 atom stereocenters. The van der Waals surface area contributed by atoms with E-state index in [0.717, 1.165) is 13.8 Å². The fraction of sp³-hybridized carbons (Fsp3) is 0.909. The largest absolute Gasteiger partial charge is 0.394 e. The summed E-state index contributed by atoms with van der Waals surface area (Å²) in [6.07, 6.45) is -21.1. The molecule has 18 heteroatoms. The predicted molar refractivity (Wildman–Crippen MR) is 124 cm³/mol. The third kappa shape index (κ3) is 7.23. The summed E-state index contributed by atoms with van der Waals surface area (Å²) in [5.41, 5.74) is 0. The Morgan fingerprint density at radius 3 is 1.73 bits per heavy atom. The summed E-state index contributed by atoms with van der Waals surface area (Å²) < 4.78 is 27.6. The van der Waals surface area contributed by atoms with Gasteiger partial charge in [0.15, 0.2) is 18.9 Å². The molecule has 0 aliphatic carbocycles. The summed E-state index contributed by atoms with van der Waals surface area (Å²) in [6.45, 7) is 0.159. The molecule has 0 aromatic rings. The number of hydrogen-bond acceptors (Lipinski definition) is 16. The zero-order valence-electron chi connectivity index (χ0n) is 21.7. The average Bonchev–Trinajstić information content (AvgIpc) is 2.90. The van der Waals surface area contributed by atoms with Gasteiger partial charge in [-0.15, -0.1) is 0 Å².